The molecular formula is C16H23ClINO4. The normalized spacial score (nSPS) is 9.70. The minimum atomic E-state index is -0.985. The number of rotatable bonds is 8. The summed E-state index contributed by atoms with van der Waals surface area (Å²) in [6, 6.07) is 4.89. The SMILES string of the molecule is CCCCCCCCOC(=O)Cl.Nc1ccc(I)cc1C(=O)O. The van der Waals surface area contributed by atoms with Crippen LogP contribution in [0.25, 0.3) is 0 Å². The molecule has 1 rings (SSSR count). The van der Waals surface area contributed by atoms with Crippen LogP contribution >= 0.6 is 34.2 Å². The predicted octanol–water partition coefficient (Wildman–Crippen LogP) is 5.29. The van der Waals surface area contributed by atoms with Crippen molar-refractivity contribution in [3.05, 3.63) is 27.3 Å². The highest BCUT2D eigenvalue weighted by Gasteiger charge is 2.06. The number of carbonyl (C=O) groups excluding carboxylic acids is 1. The maximum Gasteiger partial charge on any atom is 0.403 e. The van der Waals surface area contributed by atoms with Crippen LogP contribution in [0.1, 0.15) is 55.8 Å². The van der Waals surface area contributed by atoms with E-state index in [1.165, 1.54) is 31.7 Å². The van der Waals surface area contributed by atoms with Crippen molar-refractivity contribution in [1.82, 2.24) is 0 Å². The smallest absolute Gasteiger partial charge is 0.403 e. The van der Waals surface area contributed by atoms with Gasteiger partial charge in [-0.15, -0.1) is 0 Å². The molecule has 0 bridgehead atoms. The first-order chi connectivity index (χ1) is 10.9. The van der Waals surface area contributed by atoms with E-state index in [-0.39, 0.29) is 5.56 Å². The number of carboxylic acids is 1. The summed E-state index contributed by atoms with van der Waals surface area (Å²) in [4.78, 5) is 20.6. The van der Waals surface area contributed by atoms with E-state index >= 15 is 0 Å². The van der Waals surface area contributed by atoms with E-state index in [2.05, 4.69) is 11.7 Å². The van der Waals surface area contributed by atoms with Gasteiger partial charge in [0.1, 0.15) is 0 Å². The minimum Gasteiger partial charge on any atom is -0.478 e. The molecule has 0 aliphatic rings. The number of hydrogen-bond donors (Lipinski definition) is 2. The Bertz CT molecular complexity index is 497. The molecule has 7 heteroatoms. The van der Waals surface area contributed by atoms with E-state index < -0.39 is 11.4 Å². The van der Waals surface area contributed by atoms with Gasteiger partial charge in [-0.3, -0.25) is 0 Å². The molecule has 5 nitrogen and oxygen atoms in total. The lowest BCUT2D eigenvalue weighted by atomic mass is 10.1. The maximum atomic E-state index is 10.5. The Labute approximate surface area is 155 Å². The van der Waals surface area contributed by atoms with Gasteiger partial charge in [-0.25, -0.2) is 9.59 Å². The summed E-state index contributed by atoms with van der Waals surface area (Å²) in [7, 11) is 0. The van der Waals surface area contributed by atoms with Gasteiger partial charge in [0.2, 0.25) is 0 Å². The molecule has 0 fully saturated rings. The highest BCUT2D eigenvalue weighted by molar-refractivity contribution is 14.1. The van der Waals surface area contributed by atoms with E-state index in [1.807, 2.05) is 22.6 Å². The van der Waals surface area contributed by atoms with Gasteiger partial charge in [0, 0.05) is 20.9 Å². The van der Waals surface area contributed by atoms with Crippen molar-refractivity contribution in [2.45, 2.75) is 45.4 Å². The van der Waals surface area contributed by atoms with Crippen molar-refractivity contribution in [2.24, 2.45) is 0 Å². The Kier molecular flexibility index (Phi) is 12.8. The van der Waals surface area contributed by atoms with Crippen molar-refractivity contribution in [2.75, 3.05) is 12.3 Å². The zero-order valence-corrected chi connectivity index (χ0v) is 16.1. The number of nitrogens with two attached hydrogens (primary N) is 1. The molecule has 0 amide bonds. The summed E-state index contributed by atoms with van der Waals surface area (Å²) in [6.45, 7) is 2.66. The third kappa shape index (κ3) is 12.1. The summed E-state index contributed by atoms with van der Waals surface area (Å²) >= 11 is 7.02. The summed E-state index contributed by atoms with van der Waals surface area (Å²) in [5.41, 5.74) is 5.18. The second kappa shape index (κ2) is 13.4. The van der Waals surface area contributed by atoms with E-state index in [9.17, 15) is 9.59 Å². The first-order valence-corrected chi connectivity index (χ1v) is 8.94. The Morgan fingerprint density at radius 1 is 1.22 bits per heavy atom. The zero-order chi connectivity index (χ0) is 17.7. The molecule has 3 N–H and O–H groups in total. The summed E-state index contributed by atoms with van der Waals surface area (Å²) in [5.74, 6) is -0.985. The Morgan fingerprint density at radius 3 is 2.35 bits per heavy atom. The lowest BCUT2D eigenvalue weighted by Gasteiger charge is -2.00. The highest BCUT2D eigenvalue weighted by Crippen LogP contribution is 2.15. The van der Waals surface area contributed by atoms with Crippen LogP contribution in [0.4, 0.5) is 10.5 Å². The van der Waals surface area contributed by atoms with Crippen molar-refractivity contribution in [3.8, 4) is 0 Å². The van der Waals surface area contributed by atoms with Gasteiger partial charge in [-0.05, 0) is 47.2 Å². The molecule has 0 unspecified atom stereocenters. The average molecular weight is 456 g/mol. The molecule has 0 heterocycles. The van der Waals surface area contributed by atoms with Crippen molar-refractivity contribution in [1.29, 1.82) is 0 Å². The minimum absolute atomic E-state index is 0.164. The molecular weight excluding hydrogens is 433 g/mol. The van der Waals surface area contributed by atoms with Gasteiger partial charge in [0.25, 0.3) is 0 Å². The molecule has 1 aromatic rings. The van der Waals surface area contributed by atoms with E-state index in [4.69, 9.17) is 22.4 Å². The average Bonchev–Trinajstić information content (AvgIpc) is 2.49. The van der Waals surface area contributed by atoms with Crippen LogP contribution in [0.5, 0.6) is 0 Å². The number of carboxylic acid groups (broad SMARTS) is 1. The quantitative estimate of drug-likeness (QED) is 0.240. The van der Waals surface area contributed by atoms with Crippen molar-refractivity contribution >= 4 is 51.3 Å². The molecule has 0 radical (unpaired) electrons. The number of nitrogen functional groups attached to an aromatic ring is 1. The second-order valence-corrected chi connectivity index (χ2v) is 6.44. The molecule has 0 aliphatic carbocycles. The number of benzene rings is 1. The Morgan fingerprint density at radius 2 is 1.83 bits per heavy atom. The number of halogens is 2. The van der Waals surface area contributed by atoms with Crippen LogP contribution in [0, 0.1) is 3.57 Å². The van der Waals surface area contributed by atoms with Crippen LogP contribution in [-0.4, -0.2) is 23.1 Å². The second-order valence-electron chi connectivity index (χ2n) is 4.89. The molecule has 0 spiro atoms. The fraction of sp³-hybridized carbons (Fsp3) is 0.500. The molecule has 0 aromatic heterocycles. The molecule has 0 atom stereocenters. The van der Waals surface area contributed by atoms with Gasteiger partial charge in [-0.2, -0.15) is 0 Å². The molecule has 0 saturated carbocycles. The maximum absolute atomic E-state index is 10.5. The zero-order valence-electron chi connectivity index (χ0n) is 13.2. The number of hydrogen-bond acceptors (Lipinski definition) is 4. The first-order valence-electron chi connectivity index (χ1n) is 7.49. The summed E-state index contributed by atoms with van der Waals surface area (Å²) in [6.07, 6.45) is 7.14. The molecule has 130 valence electrons. The topological polar surface area (TPSA) is 89.6 Å². The van der Waals surface area contributed by atoms with Crippen LogP contribution in [-0.2, 0) is 4.74 Å². The van der Waals surface area contributed by atoms with Crippen LogP contribution in [0.15, 0.2) is 18.2 Å². The Balaban J connectivity index is 0.000000422. The van der Waals surface area contributed by atoms with E-state index in [0.717, 1.165) is 16.4 Å². The molecule has 1 aromatic carbocycles. The van der Waals surface area contributed by atoms with Gasteiger partial charge < -0.3 is 15.6 Å². The van der Waals surface area contributed by atoms with E-state index in [0.29, 0.717) is 12.3 Å². The van der Waals surface area contributed by atoms with E-state index in [1.54, 1.807) is 12.1 Å². The van der Waals surface area contributed by atoms with Gasteiger partial charge in [-0.1, -0.05) is 39.0 Å². The largest absolute Gasteiger partial charge is 0.478 e. The van der Waals surface area contributed by atoms with Crippen molar-refractivity contribution < 1.29 is 19.4 Å². The van der Waals surface area contributed by atoms with Gasteiger partial charge in [0.05, 0.1) is 12.2 Å². The lowest BCUT2D eigenvalue weighted by molar-refractivity contribution is 0.0698. The van der Waals surface area contributed by atoms with Gasteiger partial charge >= 0.3 is 11.4 Å². The van der Waals surface area contributed by atoms with Crippen LogP contribution in [0.2, 0.25) is 0 Å². The predicted molar refractivity (Wildman–Crippen MR) is 101 cm³/mol. The number of ether oxygens (including phenoxy) is 1. The third-order valence-electron chi connectivity index (χ3n) is 2.96. The highest BCUT2D eigenvalue weighted by atomic mass is 127. The third-order valence-corrected chi connectivity index (χ3v) is 3.74. The first kappa shape index (κ1) is 22.0. The standard InChI is InChI=1S/C9H17ClO2.C7H6INO2/c1-2-3-4-5-6-7-8-12-9(10)11;8-4-1-2-6(9)5(3-4)7(10)11/h2-8H2,1H3;1-3H,9H2,(H,10,11). The fourth-order valence-electron chi connectivity index (χ4n) is 1.75. The lowest BCUT2D eigenvalue weighted by Crippen LogP contribution is -2.02. The van der Waals surface area contributed by atoms with Crippen LogP contribution < -0.4 is 5.73 Å². The number of aromatic carboxylic acids is 1. The Hall–Kier alpha value is -1.02. The summed E-state index contributed by atoms with van der Waals surface area (Å²) < 4.78 is 5.44. The number of unbranched alkanes of at least 4 members (excludes halogenated alkanes) is 5. The molecule has 0 saturated heterocycles. The van der Waals surface area contributed by atoms with Crippen LogP contribution in [0.3, 0.4) is 0 Å². The molecule has 0 aliphatic heterocycles. The monoisotopic (exact) mass is 455 g/mol. The number of anilines is 1. The summed E-state index contributed by atoms with van der Waals surface area (Å²) in [5, 5.41) is 8.61. The van der Waals surface area contributed by atoms with Gasteiger partial charge in [0.15, 0.2) is 0 Å². The van der Waals surface area contributed by atoms with Crippen molar-refractivity contribution in [3.63, 3.8) is 0 Å². The number of carbonyl (C=O) groups is 2. The molecule has 23 heavy (non-hydrogen) atoms. The fourth-order valence-corrected chi connectivity index (χ4v) is 2.32.